The lowest BCUT2D eigenvalue weighted by molar-refractivity contribution is -0.132. The molecule has 0 N–H and O–H groups in total. The minimum atomic E-state index is -0.441. The molecule has 0 saturated carbocycles. The number of hydrogen-bond donors (Lipinski definition) is 0. The number of amides is 1. The van der Waals surface area contributed by atoms with Crippen molar-refractivity contribution < 1.29 is 18.4 Å². The fourth-order valence-corrected chi connectivity index (χ4v) is 6.30. The predicted octanol–water partition coefficient (Wildman–Crippen LogP) is 4.83. The summed E-state index contributed by atoms with van der Waals surface area (Å²) in [7, 11) is 1.69. The lowest BCUT2D eigenvalue weighted by Gasteiger charge is -2.45. The van der Waals surface area contributed by atoms with Crippen LogP contribution < -0.4 is 5.63 Å². The summed E-state index contributed by atoms with van der Waals surface area (Å²) >= 11 is 0. The van der Waals surface area contributed by atoms with Gasteiger partial charge in [-0.15, -0.1) is 0 Å². The highest BCUT2D eigenvalue weighted by molar-refractivity contribution is 5.96. The van der Waals surface area contributed by atoms with Crippen molar-refractivity contribution in [2.75, 3.05) is 39.9 Å². The number of methoxy groups -OCH3 is 1. The Bertz CT molecular complexity index is 1290. The quantitative estimate of drug-likeness (QED) is 0.330. The second kappa shape index (κ2) is 10.8. The van der Waals surface area contributed by atoms with Crippen LogP contribution in [0.5, 0.6) is 0 Å². The van der Waals surface area contributed by atoms with Crippen molar-refractivity contribution in [3.63, 3.8) is 0 Å². The lowest BCUT2D eigenvalue weighted by atomic mass is 9.83. The van der Waals surface area contributed by atoms with Gasteiger partial charge in [0.2, 0.25) is 5.91 Å². The maximum Gasteiger partial charge on any atom is 0.340 e. The maximum atomic E-state index is 13.7. The van der Waals surface area contributed by atoms with E-state index in [-0.39, 0.29) is 12.3 Å². The lowest BCUT2D eigenvalue weighted by Crippen LogP contribution is -2.52. The van der Waals surface area contributed by atoms with Crippen LogP contribution in [0.25, 0.3) is 21.9 Å². The van der Waals surface area contributed by atoms with Gasteiger partial charge >= 0.3 is 5.63 Å². The molecule has 1 amide bonds. The fourth-order valence-electron chi connectivity index (χ4n) is 6.30. The second-order valence-electron chi connectivity index (χ2n) is 10.6. The second-order valence-corrected chi connectivity index (χ2v) is 10.6. The average Bonchev–Trinajstić information content (AvgIpc) is 3.24. The molecule has 2 fully saturated rings. The van der Waals surface area contributed by atoms with Crippen molar-refractivity contribution in [3.8, 4) is 0 Å². The summed E-state index contributed by atoms with van der Waals surface area (Å²) in [6.07, 6.45) is 8.67. The number of fused-ring (bicyclic) bond motifs is 3. The number of ether oxygens (including phenoxy) is 1. The van der Waals surface area contributed by atoms with Crippen LogP contribution in [0.2, 0.25) is 0 Å². The van der Waals surface area contributed by atoms with Crippen molar-refractivity contribution in [1.29, 1.82) is 0 Å². The molecule has 0 spiro atoms. The molecular formula is C29H38N2O5. The number of aryl methyl sites for hydroxylation is 2. The van der Waals surface area contributed by atoms with Crippen LogP contribution >= 0.6 is 0 Å². The largest absolute Gasteiger partial charge is 0.464 e. The van der Waals surface area contributed by atoms with E-state index in [9.17, 15) is 9.59 Å². The molecule has 1 aromatic carbocycles. The number of piperidine rings is 2. The smallest absolute Gasteiger partial charge is 0.340 e. The first-order valence-corrected chi connectivity index (χ1v) is 13.4. The molecule has 194 valence electrons. The van der Waals surface area contributed by atoms with Gasteiger partial charge in [-0.05, 0) is 82.2 Å². The molecule has 36 heavy (non-hydrogen) atoms. The summed E-state index contributed by atoms with van der Waals surface area (Å²) in [5.41, 5.74) is 3.04. The highest BCUT2D eigenvalue weighted by Crippen LogP contribution is 2.32. The monoisotopic (exact) mass is 494 g/mol. The first-order chi connectivity index (χ1) is 17.5. The van der Waals surface area contributed by atoms with Crippen molar-refractivity contribution in [2.24, 2.45) is 5.92 Å². The van der Waals surface area contributed by atoms with E-state index in [2.05, 4.69) is 4.90 Å². The Hall–Kier alpha value is -2.64. The molecule has 0 aliphatic carbocycles. The Morgan fingerprint density at radius 1 is 1.11 bits per heavy atom. The molecule has 5 rings (SSSR count). The third-order valence-electron chi connectivity index (χ3n) is 8.32. The van der Waals surface area contributed by atoms with Gasteiger partial charge in [0.05, 0.1) is 18.2 Å². The van der Waals surface area contributed by atoms with Gasteiger partial charge in [0.1, 0.15) is 11.2 Å². The summed E-state index contributed by atoms with van der Waals surface area (Å²) in [5.74, 6) is 0.478. The SMILES string of the molecule is COCCCN(CC1CCCN2CCCCC12)C(=O)Cc1c(C)c2cc3c(C)coc3cc2oc1=O. The summed E-state index contributed by atoms with van der Waals surface area (Å²) in [6.45, 7) is 8.27. The molecule has 4 heterocycles. The highest BCUT2D eigenvalue weighted by atomic mass is 16.5. The molecule has 3 aromatic rings. The van der Waals surface area contributed by atoms with E-state index in [1.165, 1.54) is 38.8 Å². The van der Waals surface area contributed by atoms with E-state index in [0.29, 0.717) is 41.8 Å². The van der Waals surface area contributed by atoms with Crippen molar-refractivity contribution in [2.45, 2.75) is 64.8 Å². The Balaban J connectivity index is 1.40. The number of hydrogen-bond acceptors (Lipinski definition) is 6. The van der Waals surface area contributed by atoms with E-state index in [1.807, 2.05) is 24.8 Å². The topological polar surface area (TPSA) is 76.1 Å². The minimum absolute atomic E-state index is 0.00523. The first-order valence-electron chi connectivity index (χ1n) is 13.4. The van der Waals surface area contributed by atoms with Crippen LogP contribution in [0.1, 0.15) is 55.2 Å². The minimum Gasteiger partial charge on any atom is -0.464 e. The molecule has 2 aliphatic heterocycles. The zero-order valence-electron chi connectivity index (χ0n) is 21.8. The zero-order chi connectivity index (χ0) is 25.2. The molecule has 2 unspecified atom stereocenters. The van der Waals surface area contributed by atoms with Crippen molar-refractivity contribution in [1.82, 2.24) is 9.80 Å². The van der Waals surface area contributed by atoms with Crippen LogP contribution in [0.3, 0.4) is 0 Å². The predicted molar refractivity (Wildman–Crippen MR) is 140 cm³/mol. The van der Waals surface area contributed by atoms with Gasteiger partial charge < -0.3 is 23.4 Å². The summed E-state index contributed by atoms with van der Waals surface area (Å²) in [6, 6.07) is 4.35. The molecular weight excluding hydrogens is 456 g/mol. The highest BCUT2D eigenvalue weighted by Gasteiger charge is 2.34. The number of carbonyl (C=O) groups excluding carboxylic acids is 1. The summed E-state index contributed by atoms with van der Waals surface area (Å²) in [5, 5.41) is 1.85. The molecule has 2 saturated heterocycles. The fraction of sp³-hybridized carbons (Fsp3) is 0.586. The molecule has 2 aromatic heterocycles. The van der Waals surface area contributed by atoms with Gasteiger partial charge in [0.25, 0.3) is 0 Å². The summed E-state index contributed by atoms with van der Waals surface area (Å²) in [4.78, 5) is 31.3. The number of furan rings is 1. The van der Waals surface area contributed by atoms with Gasteiger partial charge in [-0.1, -0.05) is 6.42 Å². The molecule has 7 nitrogen and oxygen atoms in total. The van der Waals surface area contributed by atoms with Crippen molar-refractivity contribution >= 4 is 27.8 Å². The molecule has 2 aliphatic rings. The Kier molecular flexibility index (Phi) is 7.49. The molecule has 0 radical (unpaired) electrons. The van der Waals surface area contributed by atoms with Crippen LogP contribution in [-0.4, -0.2) is 61.6 Å². The number of rotatable bonds is 8. The van der Waals surface area contributed by atoms with Crippen LogP contribution in [0, 0.1) is 19.8 Å². The Labute approximate surface area is 212 Å². The number of nitrogens with zero attached hydrogens (tertiary/aromatic N) is 2. The van der Waals surface area contributed by atoms with E-state index < -0.39 is 5.63 Å². The van der Waals surface area contributed by atoms with Crippen LogP contribution in [0.4, 0.5) is 0 Å². The number of carbonyl (C=O) groups is 1. The molecule has 0 bridgehead atoms. The van der Waals surface area contributed by atoms with E-state index in [0.717, 1.165) is 41.3 Å². The van der Waals surface area contributed by atoms with E-state index >= 15 is 0 Å². The zero-order valence-corrected chi connectivity index (χ0v) is 21.8. The summed E-state index contributed by atoms with van der Waals surface area (Å²) < 4.78 is 16.5. The van der Waals surface area contributed by atoms with Crippen LogP contribution in [-0.2, 0) is 16.0 Å². The van der Waals surface area contributed by atoms with Gasteiger partial charge in [0.15, 0.2) is 0 Å². The Morgan fingerprint density at radius 3 is 2.78 bits per heavy atom. The maximum absolute atomic E-state index is 13.7. The van der Waals surface area contributed by atoms with E-state index in [4.69, 9.17) is 13.6 Å². The number of benzene rings is 1. The Morgan fingerprint density at radius 2 is 1.94 bits per heavy atom. The average molecular weight is 495 g/mol. The van der Waals surface area contributed by atoms with E-state index in [1.54, 1.807) is 19.4 Å². The van der Waals surface area contributed by atoms with Gasteiger partial charge in [-0.2, -0.15) is 0 Å². The standard InChI is InChI=1S/C29H38N2O5/c1-19-18-35-26-16-27-23(14-22(19)26)20(2)24(29(33)36-27)15-28(32)31(12-7-13-34-3)17-21-8-6-11-30-10-5-4-9-25(21)30/h14,16,18,21,25H,4-13,15,17H2,1-3H3. The van der Waals surface area contributed by atoms with Gasteiger partial charge in [-0.25, -0.2) is 4.79 Å². The normalized spacial score (nSPS) is 20.6. The third-order valence-corrected chi connectivity index (χ3v) is 8.32. The first kappa shape index (κ1) is 25.0. The molecule has 7 heteroatoms. The van der Waals surface area contributed by atoms with Crippen LogP contribution in [0.15, 0.2) is 32.0 Å². The van der Waals surface area contributed by atoms with Gasteiger partial charge in [0, 0.05) is 49.7 Å². The van der Waals surface area contributed by atoms with Crippen molar-refractivity contribution in [3.05, 3.63) is 45.5 Å². The molecule has 2 atom stereocenters. The third kappa shape index (κ3) is 4.96. The van der Waals surface area contributed by atoms with Gasteiger partial charge in [-0.3, -0.25) is 4.79 Å².